The molecule has 0 aromatic heterocycles. The van der Waals surface area contributed by atoms with Crippen molar-refractivity contribution in [3.63, 3.8) is 0 Å². The van der Waals surface area contributed by atoms with Gasteiger partial charge in [0.25, 0.3) is 0 Å². The van der Waals surface area contributed by atoms with Gasteiger partial charge in [0.2, 0.25) is 0 Å². The van der Waals surface area contributed by atoms with Crippen LogP contribution in [-0.2, 0) is 16.5 Å². The maximum absolute atomic E-state index is 11.6. The molecule has 0 amide bonds. The fourth-order valence-corrected chi connectivity index (χ4v) is 3.54. The molecule has 0 aliphatic heterocycles. The van der Waals surface area contributed by atoms with E-state index in [1.807, 2.05) is 12.1 Å². The molecule has 0 heterocycles. The SMILES string of the molecule is CCCCCCCCCc1ccc(Oc2ccccc2)c(S(=O)(=O)[O-])c1.[K+]. The molecular formula is C21H27KO4S. The first-order valence-electron chi connectivity index (χ1n) is 9.32. The Hall–Kier alpha value is -0.214. The maximum atomic E-state index is 11.6. The normalized spacial score (nSPS) is 11.0. The van der Waals surface area contributed by atoms with E-state index < -0.39 is 10.1 Å². The van der Waals surface area contributed by atoms with E-state index in [9.17, 15) is 13.0 Å². The van der Waals surface area contributed by atoms with Crippen LogP contribution in [0.25, 0.3) is 0 Å². The van der Waals surface area contributed by atoms with Crippen molar-refractivity contribution in [2.45, 2.75) is 63.2 Å². The molecule has 4 nitrogen and oxygen atoms in total. The van der Waals surface area contributed by atoms with E-state index in [2.05, 4.69) is 6.92 Å². The van der Waals surface area contributed by atoms with Gasteiger partial charge in [-0.1, -0.05) is 69.7 Å². The van der Waals surface area contributed by atoms with E-state index in [4.69, 9.17) is 4.74 Å². The Labute approximate surface area is 205 Å². The van der Waals surface area contributed by atoms with Gasteiger partial charge in [-0.2, -0.15) is 0 Å². The van der Waals surface area contributed by atoms with Crippen LogP contribution in [0.2, 0.25) is 0 Å². The fourth-order valence-electron chi connectivity index (χ4n) is 2.89. The number of ether oxygens (including phenoxy) is 1. The predicted octanol–water partition coefficient (Wildman–Crippen LogP) is 2.68. The molecule has 0 saturated heterocycles. The topological polar surface area (TPSA) is 66.4 Å². The van der Waals surface area contributed by atoms with Crippen molar-refractivity contribution in [1.82, 2.24) is 0 Å². The second-order valence-corrected chi connectivity index (χ2v) is 7.87. The molecule has 0 radical (unpaired) electrons. The zero-order chi connectivity index (χ0) is 18.8. The van der Waals surface area contributed by atoms with Crippen molar-refractivity contribution in [1.29, 1.82) is 0 Å². The van der Waals surface area contributed by atoms with E-state index >= 15 is 0 Å². The van der Waals surface area contributed by atoms with Crippen LogP contribution in [0.1, 0.15) is 57.4 Å². The van der Waals surface area contributed by atoms with E-state index in [0.717, 1.165) is 24.8 Å². The molecule has 2 rings (SSSR count). The summed E-state index contributed by atoms with van der Waals surface area (Å²) < 4.78 is 40.5. The summed E-state index contributed by atoms with van der Waals surface area (Å²) in [6.45, 7) is 2.20. The van der Waals surface area contributed by atoms with E-state index in [1.54, 1.807) is 30.3 Å². The Morgan fingerprint density at radius 2 is 1.52 bits per heavy atom. The monoisotopic (exact) mass is 414 g/mol. The van der Waals surface area contributed by atoms with Gasteiger partial charge in [-0.25, -0.2) is 8.42 Å². The van der Waals surface area contributed by atoms with Gasteiger partial charge in [0.1, 0.15) is 21.6 Å². The van der Waals surface area contributed by atoms with Crippen molar-refractivity contribution in [2.24, 2.45) is 0 Å². The van der Waals surface area contributed by atoms with Crippen LogP contribution in [-0.4, -0.2) is 13.0 Å². The third-order valence-corrected chi connectivity index (χ3v) is 5.18. The van der Waals surface area contributed by atoms with Gasteiger partial charge < -0.3 is 9.29 Å². The summed E-state index contributed by atoms with van der Waals surface area (Å²) >= 11 is 0. The molecule has 27 heavy (non-hydrogen) atoms. The molecule has 142 valence electrons. The van der Waals surface area contributed by atoms with E-state index in [-0.39, 0.29) is 62.0 Å². The summed E-state index contributed by atoms with van der Waals surface area (Å²) in [5, 5.41) is 0. The van der Waals surface area contributed by atoms with Crippen molar-refractivity contribution >= 4 is 10.1 Å². The first-order valence-corrected chi connectivity index (χ1v) is 10.7. The van der Waals surface area contributed by atoms with Crippen molar-refractivity contribution < 1.29 is 69.1 Å². The Balaban J connectivity index is 0.00000364. The number of aryl methyl sites for hydroxylation is 1. The Morgan fingerprint density at radius 3 is 2.15 bits per heavy atom. The summed E-state index contributed by atoms with van der Waals surface area (Å²) in [5.41, 5.74) is 0.855. The smallest absolute Gasteiger partial charge is 0.744 e. The predicted molar refractivity (Wildman–Crippen MR) is 103 cm³/mol. The summed E-state index contributed by atoms with van der Waals surface area (Å²) in [6, 6.07) is 13.7. The molecule has 0 aliphatic rings. The summed E-state index contributed by atoms with van der Waals surface area (Å²) in [5.74, 6) is 0.576. The molecule has 2 aromatic carbocycles. The van der Waals surface area contributed by atoms with Crippen LogP contribution >= 0.6 is 0 Å². The molecule has 0 atom stereocenters. The number of para-hydroxylation sites is 1. The number of benzene rings is 2. The van der Waals surface area contributed by atoms with Gasteiger partial charge in [-0.3, -0.25) is 0 Å². The number of hydrogen-bond donors (Lipinski definition) is 0. The molecular weight excluding hydrogens is 387 g/mol. The molecule has 2 aromatic rings. The van der Waals surface area contributed by atoms with Crippen molar-refractivity contribution in [3.8, 4) is 11.5 Å². The third-order valence-electron chi connectivity index (χ3n) is 4.32. The largest absolute Gasteiger partial charge is 1.00 e. The number of rotatable bonds is 11. The maximum Gasteiger partial charge on any atom is 1.00 e. The average Bonchev–Trinajstić information content (AvgIpc) is 2.62. The Bertz CT molecular complexity index is 776. The average molecular weight is 415 g/mol. The third kappa shape index (κ3) is 9.22. The van der Waals surface area contributed by atoms with Gasteiger partial charge in [0.15, 0.2) is 0 Å². The second kappa shape index (κ2) is 13.1. The van der Waals surface area contributed by atoms with Crippen LogP contribution in [0.5, 0.6) is 11.5 Å². The molecule has 0 aliphatic carbocycles. The first kappa shape index (κ1) is 24.8. The molecule has 0 saturated carbocycles. The zero-order valence-electron chi connectivity index (χ0n) is 16.3. The quantitative estimate of drug-likeness (QED) is 0.322. The van der Waals surface area contributed by atoms with Crippen LogP contribution in [0.15, 0.2) is 53.4 Å². The molecule has 0 unspecified atom stereocenters. The summed E-state index contributed by atoms with van der Waals surface area (Å²) in [4.78, 5) is -0.290. The van der Waals surface area contributed by atoms with Gasteiger partial charge in [0.05, 0.1) is 4.90 Å². The van der Waals surface area contributed by atoms with Gasteiger partial charge in [-0.05, 0) is 42.7 Å². The minimum Gasteiger partial charge on any atom is -0.744 e. The summed E-state index contributed by atoms with van der Waals surface area (Å²) in [7, 11) is -4.60. The van der Waals surface area contributed by atoms with Crippen LogP contribution in [0.4, 0.5) is 0 Å². The molecule has 0 fully saturated rings. The van der Waals surface area contributed by atoms with Gasteiger partial charge >= 0.3 is 51.4 Å². The fraction of sp³-hybridized carbons (Fsp3) is 0.429. The Kier molecular flexibility index (Phi) is 12.0. The van der Waals surface area contributed by atoms with Gasteiger partial charge in [0, 0.05) is 0 Å². The van der Waals surface area contributed by atoms with E-state index in [0.29, 0.717) is 5.75 Å². The van der Waals surface area contributed by atoms with Crippen LogP contribution < -0.4 is 56.1 Å². The van der Waals surface area contributed by atoms with Crippen LogP contribution in [0, 0.1) is 0 Å². The standard InChI is InChI=1S/C21H28O4S.K/c1-2-3-4-5-6-7-9-12-18-15-16-20(21(17-18)26(22,23)24)25-19-13-10-8-11-14-19;/h8,10-11,13-17H,2-7,9,12H2,1H3,(H,22,23,24);/q;+1/p-1. The molecule has 0 N–H and O–H groups in total. The van der Waals surface area contributed by atoms with Crippen molar-refractivity contribution in [3.05, 3.63) is 54.1 Å². The van der Waals surface area contributed by atoms with Crippen molar-refractivity contribution in [2.75, 3.05) is 0 Å². The molecule has 6 heteroatoms. The first-order chi connectivity index (χ1) is 12.5. The van der Waals surface area contributed by atoms with Gasteiger partial charge in [-0.15, -0.1) is 0 Å². The summed E-state index contributed by atoms with van der Waals surface area (Å²) in [6.07, 6.45) is 9.12. The second-order valence-electron chi connectivity index (χ2n) is 6.52. The minimum atomic E-state index is -4.60. The Morgan fingerprint density at radius 1 is 0.889 bits per heavy atom. The van der Waals surface area contributed by atoms with E-state index in [1.165, 1.54) is 38.2 Å². The zero-order valence-corrected chi connectivity index (χ0v) is 20.3. The minimum absolute atomic E-state index is 0. The molecule has 0 bridgehead atoms. The molecule has 0 spiro atoms. The van der Waals surface area contributed by atoms with Crippen LogP contribution in [0.3, 0.4) is 0 Å². The number of unbranched alkanes of at least 4 members (excludes halogenated alkanes) is 6. The number of hydrogen-bond acceptors (Lipinski definition) is 4.